The standard InChI is InChI=1S/C19H14FN3.C19H15N3.C18H10ClF2N3.2C18H11ClFN3.C18H12ClN3/c1-13-11-15(4-5-18(13)20)19-17(3-2-8-21-19)14-7-10-23-16(12-14)6-9-22-23;1-14-4-2-5-16(12-14)19-18(6-3-9-20-19)15-8-11-22-17(13-15)7-10-21-22;19-15-9-14(16(20)10-17(15)21)18-13(2-1-5-22-18)11-4-7-24-12(8-11)3-6-23-24;19-13-3-4-17(20)16(11-13)18-15(2-1-7-21-18)12-6-9-23-14(10-12)5-8-22-23;19-16-11-13(3-4-17(16)20)18-15(2-1-7-21-18)12-6-9-23-14(10-12)5-8-22-23;19-15-4-1-3-14(11-15)18-17(5-2-8-20-18)13-7-10-22-16(12-13)6-9-21-22/h2-12H,1H3;2-13H,1H3;1-10H;2*1-11H;1-12H. The van der Waals surface area contributed by atoms with E-state index < -0.39 is 17.5 Å². The molecule has 0 bridgehead atoms. The first-order chi connectivity index (χ1) is 66.9. The van der Waals surface area contributed by atoms with Crippen molar-refractivity contribution in [2.75, 3.05) is 0 Å². The van der Waals surface area contributed by atoms with E-state index in [2.05, 4.69) is 128 Å². The molecule has 0 spiro atoms. The number of aromatic nitrogens is 18. The number of fused-ring (bicyclic) bond motifs is 6. The Labute approximate surface area is 800 Å². The van der Waals surface area contributed by atoms with E-state index in [-0.39, 0.29) is 27.2 Å². The minimum absolute atomic E-state index is 0.0883. The van der Waals surface area contributed by atoms with Gasteiger partial charge < -0.3 is 0 Å². The highest BCUT2D eigenvalue weighted by Gasteiger charge is 2.21. The minimum Gasteiger partial charge on any atom is -0.256 e. The summed E-state index contributed by atoms with van der Waals surface area (Å²) in [5.74, 6) is -2.49. The van der Waals surface area contributed by atoms with Crippen molar-refractivity contribution < 1.29 is 22.0 Å². The number of nitrogens with zero attached hydrogens (tertiary/aromatic N) is 18. The van der Waals surface area contributed by atoms with Crippen molar-refractivity contribution in [3.8, 4) is 134 Å². The summed E-state index contributed by atoms with van der Waals surface area (Å²) in [6, 6.07) is 91.6. The van der Waals surface area contributed by atoms with Gasteiger partial charge in [-0.3, -0.25) is 29.9 Å². The monoisotopic (exact) mass is 1880 g/mol. The van der Waals surface area contributed by atoms with Crippen LogP contribution in [0.3, 0.4) is 0 Å². The van der Waals surface area contributed by atoms with Gasteiger partial charge in [-0.15, -0.1) is 0 Å². The van der Waals surface area contributed by atoms with Crippen LogP contribution in [0.4, 0.5) is 22.0 Å². The number of rotatable bonds is 12. The molecule has 6 aromatic carbocycles. The molecule has 0 saturated carbocycles. The molecule has 0 aliphatic rings. The van der Waals surface area contributed by atoms with Crippen LogP contribution in [0.1, 0.15) is 11.1 Å². The third-order valence-electron chi connectivity index (χ3n) is 22.6. The molecule has 0 atom stereocenters. The van der Waals surface area contributed by atoms with Gasteiger partial charge >= 0.3 is 0 Å². The molecule has 0 aliphatic carbocycles. The van der Waals surface area contributed by atoms with Crippen LogP contribution in [0.25, 0.3) is 167 Å². The van der Waals surface area contributed by atoms with Crippen molar-refractivity contribution in [2.24, 2.45) is 0 Å². The minimum atomic E-state index is -0.795. The number of pyridine rings is 12. The molecule has 24 rings (SSSR count). The van der Waals surface area contributed by atoms with Gasteiger partial charge in [0, 0.05) is 194 Å². The number of hydrogen-bond donors (Lipinski definition) is 0. The molecule has 18 aromatic heterocycles. The predicted octanol–water partition coefficient (Wildman–Crippen LogP) is 28.3. The predicted molar refractivity (Wildman–Crippen MR) is 532 cm³/mol. The summed E-state index contributed by atoms with van der Waals surface area (Å²) in [5, 5.41) is 26.4. The molecule has 137 heavy (non-hydrogen) atoms. The van der Waals surface area contributed by atoms with Gasteiger partial charge in [-0.25, -0.2) is 49.0 Å². The van der Waals surface area contributed by atoms with Gasteiger partial charge in [0.2, 0.25) is 0 Å². The number of hydrogen-bond acceptors (Lipinski definition) is 12. The van der Waals surface area contributed by atoms with Crippen LogP contribution in [0.5, 0.6) is 0 Å². The van der Waals surface area contributed by atoms with Gasteiger partial charge in [0.25, 0.3) is 0 Å². The molecule has 27 heteroatoms. The van der Waals surface area contributed by atoms with Crippen molar-refractivity contribution in [3.05, 3.63) is 469 Å². The second-order valence-electron chi connectivity index (χ2n) is 31.4. The quantitative estimate of drug-likeness (QED) is 0.0835. The summed E-state index contributed by atoms with van der Waals surface area (Å²) < 4.78 is 79.7. The lowest BCUT2D eigenvalue weighted by Gasteiger charge is -2.11. The molecule has 666 valence electrons. The van der Waals surface area contributed by atoms with Crippen molar-refractivity contribution in [2.45, 2.75) is 13.8 Å². The normalized spacial score (nSPS) is 11.0. The van der Waals surface area contributed by atoms with E-state index in [4.69, 9.17) is 46.4 Å². The van der Waals surface area contributed by atoms with E-state index >= 15 is 0 Å². The number of benzene rings is 6. The van der Waals surface area contributed by atoms with Crippen LogP contribution in [0, 0.1) is 42.9 Å². The molecule has 24 aromatic rings. The van der Waals surface area contributed by atoms with Crippen molar-refractivity contribution in [1.29, 1.82) is 0 Å². The SMILES string of the molecule is Cc1cc(-c2ncccc2-c2ccn3nccc3c2)ccc1F.Cc1cccc(-c2ncccc2-c2ccn3nccc3c2)c1.Clc1cccc(-c2ncccc2-c2ccn3nccc3c2)c1.Fc1cc(F)c(-c2ncccc2-c2ccn3nccc3c2)cc1Cl.Fc1ccc(-c2ncccc2-c2ccn3nccc3c2)cc1Cl.Fc1ccc(Cl)cc1-c1ncccc1-c1ccn2nccc2c1. The Morgan fingerprint density at radius 1 is 0.197 bits per heavy atom. The summed E-state index contributed by atoms with van der Waals surface area (Å²) >= 11 is 23.9. The molecule has 0 amide bonds. The molecular formula is C110H73Cl4F5N18. The largest absolute Gasteiger partial charge is 0.256 e. The molecule has 0 radical (unpaired) electrons. The molecule has 0 unspecified atom stereocenters. The summed E-state index contributed by atoms with van der Waals surface area (Å²) in [5.41, 5.74) is 28.7. The zero-order chi connectivity index (χ0) is 94.0. The molecule has 0 fully saturated rings. The Hall–Kier alpha value is -16.8. The fourth-order valence-electron chi connectivity index (χ4n) is 16.0. The number of halogens is 9. The summed E-state index contributed by atoms with van der Waals surface area (Å²) in [6.07, 6.45) is 32.3. The number of aryl methyl sites for hydroxylation is 2. The van der Waals surface area contributed by atoms with Gasteiger partial charge in [-0.2, -0.15) is 30.6 Å². The highest BCUT2D eigenvalue weighted by atomic mass is 35.5. The van der Waals surface area contributed by atoms with Crippen LogP contribution in [-0.4, -0.2) is 87.6 Å². The lowest BCUT2D eigenvalue weighted by atomic mass is 9.99. The van der Waals surface area contributed by atoms with Crippen LogP contribution < -0.4 is 0 Å². The smallest absolute Gasteiger partial charge is 0.144 e. The maximum Gasteiger partial charge on any atom is 0.144 e. The van der Waals surface area contributed by atoms with E-state index in [0.717, 1.165) is 151 Å². The first-order valence-corrected chi connectivity index (χ1v) is 44.4. The summed E-state index contributed by atoms with van der Waals surface area (Å²) in [4.78, 5) is 26.8. The van der Waals surface area contributed by atoms with Crippen molar-refractivity contribution in [1.82, 2.24) is 87.6 Å². The van der Waals surface area contributed by atoms with Gasteiger partial charge in [0.1, 0.15) is 29.1 Å². The second-order valence-corrected chi connectivity index (χ2v) is 33.1. The Kier molecular flexibility index (Phi) is 26.3. The van der Waals surface area contributed by atoms with Crippen molar-refractivity contribution in [3.63, 3.8) is 0 Å². The van der Waals surface area contributed by atoms with E-state index in [1.54, 1.807) is 113 Å². The van der Waals surface area contributed by atoms with Gasteiger partial charge in [-0.05, 0) is 277 Å². The molecule has 0 N–H and O–H groups in total. The fourth-order valence-corrected chi connectivity index (χ4v) is 16.7. The van der Waals surface area contributed by atoms with Crippen molar-refractivity contribution >= 4 is 79.5 Å². The Morgan fingerprint density at radius 3 is 0.847 bits per heavy atom. The Morgan fingerprint density at radius 2 is 0.496 bits per heavy atom. The maximum atomic E-state index is 14.3. The van der Waals surface area contributed by atoms with Crippen LogP contribution >= 0.6 is 46.4 Å². The van der Waals surface area contributed by atoms with E-state index in [0.29, 0.717) is 32.6 Å². The average Bonchev–Trinajstić information content (AvgIpc) is 1.79. The maximum absolute atomic E-state index is 14.3. The summed E-state index contributed by atoms with van der Waals surface area (Å²) in [7, 11) is 0. The zero-order valence-electron chi connectivity index (χ0n) is 72.6. The van der Waals surface area contributed by atoms with Gasteiger partial charge in [0.15, 0.2) is 0 Å². The van der Waals surface area contributed by atoms with E-state index in [1.165, 1.54) is 35.9 Å². The lowest BCUT2D eigenvalue weighted by molar-refractivity contribution is 0.585. The topological polar surface area (TPSA) is 181 Å². The third kappa shape index (κ3) is 20.0. The Balaban J connectivity index is 0.000000105. The second kappa shape index (κ2) is 40.3. The third-order valence-corrected chi connectivity index (χ3v) is 23.6. The first-order valence-electron chi connectivity index (χ1n) is 42.9. The zero-order valence-corrected chi connectivity index (χ0v) is 75.7. The molecule has 0 aliphatic heterocycles. The lowest BCUT2D eigenvalue weighted by Crippen LogP contribution is -1.94. The van der Waals surface area contributed by atoms with Crippen LogP contribution in [0.15, 0.2) is 409 Å². The highest BCUT2D eigenvalue weighted by molar-refractivity contribution is 6.32. The molecular weight excluding hydrogens is 1810 g/mol. The average molecular weight is 1880 g/mol. The summed E-state index contributed by atoms with van der Waals surface area (Å²) in [6.45, 7) is 3.87. The van der Waals surface area contributed by atoms with E-state index in [9.17, 15) is 22.0 Å². The fraction of sp³-hybridized carbons (Fsp3) is 0.0182. The Bertz CT molecular complexity index is 8220. The highest BCUT2D eigenvalue weighted by Crippen LogP contribution is 2.41. The van der Waals surface area contributed by atoms with Crippen LogP contribution in [0.2, 0.25) is 20.1 Å². The van der Waals surface area contributed by atoms with Gasteiger partial charge in [-0.1, -0.05) is 119 Å². The molecule has 18 heterocycles. The van der Waals surface area contributed by atoms with Gasteiger partial charge in [0.05, 0.1) is 77.3 Å². The first kappa shape index (κ1) is 89.4. The van der Waals surface area contributed by atoms with Crippen LogP contribution in [-0.2, 0) is 0 Å². The van der Waals surface area contributed by atoms with E-state index in [1.807, 2.05) is 233 Å². The molecule has 18 nitrogen and oxygen atoms in total. The molecule has 0 saturated heterocycles.